The number of nitrogens with zero attached hydrogens (tertiary/aromatic N) is 1. The molecule has 2 aromatic carbocycles. The number of nitrogens with one attached hydrogen (secondary N) is 1. The minimum absolute atomic E-state index is 0.0464. The lowest BCUT2D eigenvalue weighted by Crippen LogP contribution is -2.48. The second-order valence-electron chi connectivity index (χ2n) is 6.57. The van der Waals surface area contributed by atoms with E-state index in [1.807, 2.05) is 54.6 Å². The Morgan fingerprint density at radius 3 is 2.43 bits per heavy atom. The average Bonchev–Trinajstić information content (AvgIpc) is 2.72. The van der Waals surface area contributed by atoms with Gasteiger partial charge in [-0.2, -0.15) is 0 Å². The van der Waals surface area contributed by atoms with Crippen LogP contribution in [0, 0.1) is 0 Å². The Morgan fingerprint density at radius 2 is 1.79 bits per heavy atom. The number of amides is 2. The van der Waals surface area contributed by atoms with E-state index in [0.717, 1.165) is 27.8 Å². The van der Waals surface area contributed by atoms with Gasteiger partial charge in [0.2, 0.25) is 11.8 Å². The molecule has 0 spiro atoms. The molecule has 1 atom stereocenters. The van der Waals surface area contributed by atoms with Crippen molar-refractivity contribution in [3.8, 4) is 0 Å². The number of thioether (sulfide) groups is 1. The van der Waals surface area contributed by atoms with Crippen molar-refractivity contribution >= 4 is 39.5 Å². The largest absolute Gasteiger partial charge is 0.354 e. The zero-order valence-corrected chi connectivity index (χ0v) is 18.8. The molecule has 0 bridgehead atoms. The highest BCUT2D eigenvalue weighted by Gasteiger charge is 2.25. The van der Waals surface area contributed by atoms with Crippen LogP contribution in [-0.2, 0) is 16.1 Å². The van der Waals surface area contributed by atoms with Gasteiger partial charge in [-0.05, 0) is 43.2 Å². The first-order valence-electron chi connectivity index (χ1n) is 9.50. The summed E-state index contributed by atoms with van der Waals surface area (Å²) >= 11 is 4.92. The lowest BCUT2D eigenvalue weighted by atomic mass is 10.1. The first-order valence-corrected chi connectivity index (χ1v) is 11.3. The number of carbonyl (C=O) groups excluding carboxylic acids is 2. The lowest BCUT2D eigenvalue weighted by Gasteiger charge is -2.28. The van der Waals surface area contributed by atoms with Gasteiger partial charge in [0.25, 0.3) is 0 Å². The summed E-state index contributed by atoms with van der Waals surface area (Å²) < 4.78 is 0.985. The van der Waals surface area contributed by atoms with Crippen LogP contribution in [0.3, 0.4) is 0 Å². The Morgan fingerprint density at radius 1 is 1.11 bits per heavy atom. The molecule has 2 amide bonds. The van der Waals surface area contributed by atoms with Gasteiger partial charge in [-0.1, -0.05) is 59.6 Å². The second kappa shape index (κ2) is 11.9. The normalized spacial score (nSPS) is 11.7. The van der Waals surface area contributed by atoms with Crippen LogP contribution in [0.1, 0.15) is 32.3 Å². The topological polar surface area (TPSA) is 49.4 Å². The summed E-state index contributed by atoms with van der Waals surface area (Å²) in [6.45, 7) is 4.92. The number of rotatable bonds is 10. The third kappa shape index (κ3) is 7.32. The van der Waals surface area contributed by atoms with E-state index in [2.05, 4.69) is 28.2 Å². The molecule has 0 heterocycles. The molecule has 1 N–H and O–H groups in total. The van der Waals surface area contributed by atoms with Gasteiger partial charge in [0, 0.05) is 22.5 Å². The fourth-order valence-corrected chi connectivity index (χ4v) is 3.72. The molecule has 0 aliphatic rings. The van der Waals surface area contributed by atoms with Gasteiger partial charge in [-0.15, -0.1) is 11.8 Å². The number of carbonyl (C=O) groups is 2. The average molecular weight is 463 g/mol. The molecule has 2 aromatic rings. The maximum absolute atomic E-state index is 13.0. The third-order valence-corrected chi connectivity index (χ3v) is 5.89. The van der Waals surface area contributed by atoms with Crippen LogP contribution in [0.4, 0.5) is 0 Å². The fraction of sp³-hybridized carbons (Fsp3) is 0.364. The highest BCUT2D eigenvalue weighted by atomic mass is 79.9. The molecule has 2 rings (SSSR count). The van der Waals surface area contributed by atoms with Gasteiger partial charge in [-0.25, -0.2) is 0 Å². The number of hydrogen-bond acceptors (Lipinski definition) is 3. The maximum Gasteiger partial charge on any atom is 0.242 e. The van der Waals surface area contributed by atoms with Gasteiger partial charge in [0.15, 0.2) is 0 Å². The first-order chi connectivity index (χ1) is 13.5. The van der Waals surface area contributed by atoms with Crippen LogP contribution in [-0.4, -0.2) is 35.1 Å². The van der Waals surface area contributed by atoms with E-state index in [-0.39, 0.29) is 11.8 Å². The van der Waals surface area contributed by atoms with Crippen molar-refractivity contribution in [3.05, 3.63) is 64.6 Å². The number of benzene rings is 2. The van der Waals surface area contributed by atoms with Gasteiger partial charge in [-0.3, -0.25) is 9.59 Å². The van der Waals surface area contributed by atoms with E-state index < -0.39 is 6.04 Å². The van der Waals surface area contributed by atoms with Crippen molar-refractivity contribution in [2.45, 2.75) is 44.2 Å². The third-order valence-electron chi connectivity index (χ3n) is 4.37. The monoisotopic (exact) mass is 462 g/mol. The minimum atomic E-state index is -0.524. The number of hydrogen-bond donors (Lipinski definition) is 1. The molecular formula is C22H27BrN2O2S. The molecule has 0 radical (unpaired) electrons. The fourth-order valence-electron chi connectivity index (χ4n) is 2.65. The second-order valence-corrected chi connectivity index (χ2v) is 8.53. The van der Waals surface area contributed by atoms with Crippen molar-refractivity contribution < 1.29 is 9.59 Å². The standard InChI is InChI=1S/C22H27BrN2O2S/c1-3-4-14-24-22(27)17(2)25(15-18-10-12-19(23)13-11-18)21(26)16-28-20-8-6-5-7-9-20/h5-13,17H,3-4,14-16H2,1-2H3,(H,24,27)/t17-/m1/s1. The van der Waals surface area contributed by atoms with E-state index in [0.29, 0.717) is 18.8 Å². The highest BCUT2D eigenvalue weighted by Crippen LogP contribution is 2.20. The van der Waals surface area contributed by atoms with E-state index in [9.17, 15) is 9.59 Å². The Hall–Kier alpha value is -1.79. The predicted octanol–water partition coefficient (Wildman–Crippen LogP) is 4.87. The quantitative estimate of drug-likeness (QED) is 0.404. The highest BCUT2D eigenvalue weighted by molar-refractivity contribution is 9.10. The summed E-state index contributed by atoms with van der Waals surface area (Å²) in [6.07, 6.45) is 1.95. The molecule has 0 aliphatic carbocycles. The SMILES string of the molecule is CCCCNC(=O)[C@@H](C)N(Cc1ccc(Br)cc1)C(=O)CSc1ccccc1. The zero-order valence-electron chi connectivity index (χ0n) is 16.4. The van der Waals surface area contributed by atoms with Crippen LogP contribution in [0.2, 0.25) is 0 Å². The van der Waals surface area contributed by atoms with E-state index in [1.54, 1.807) is 11.8 Å². The maximum atomic E-state index is 13.0. The molecule has 6 heteroatoms. The Kier molecular flexibility index (Phi) is 9.58. The minimum Gasteiger partial charge on any atom is -0.354 e. The molecule has 28 heavy (non-hydrogen) atoms. The van der Waals surface area contributed by atoms with E-state index >= 15 is 0 Å². The van der Waals surface area contributed by atoms with Crippen molar-refractivity contribution in [1.29, 1.82) is 0 Å². The van der Waals surface area contributed by atoms with Crippen LogP contribution in [0.15, 0.2) is 64.0 Å². The zero-order chi connectivity index (χ0) is 20.4. The molecule has 0 unspecified atom stereocenters. The summed E-state index contributed by atoms with van der Waals surface area (Å²) in [7, 11) is 0. The van der Waals surface area contributed by atoms with Gasteiger partial charge < -0.3 is 10.2 Å². The van der Waals surface area contributed by atoms with Crippen molar-refractivity contribution in [2.75, 3.05) is 12.3 Å². The van der Waals surface area contributed by atoms with Gasteiger partial charge in [0.05, 0.1) is 5.75 Å². The summed E-state index contributed by atoms with van der Waals surface area (Å²) in [6, 6.07) is 17.1. The number of unbranched alkanes of at least 4 members (excludes halogenated alkanes) is 1. The van der Waals surface area contributed by atoms with E-state index in [4.69, 9.17) is 0 Å². The van der Waals surface area contributed by atoms with Crippen LogP contribution < -0.4 is 5.32 Å². The van der Waals surface area contributed by atoms with Crippen LogP contribution >= 0.6 is 27.7 Å². The van der Waals surface area contributed by atoms with Crippen molar-refractivity contribution in [3.63, 3.8) is 0 Å². The smallest absolute Gasteiger partial charge is 0.242 e. The summed E-state index contributed by atoms with van der Waals surface area (Å²) in [5.74, 6) is 0.145. The van der Waals surface area contributed by atoms with Gasteiger partial charge >= 0.3 is 0 Å². The van der Waals surface area contributed by atoms with Gasteiger partial charge in [0.1, 0.15) is 6.04 Å². The molecular weight excluding hydrogens is 436 g/mol. The van der Waals surface area contributed by atoms with Crippen LogP contribution in [0.5, 0.6) is 0 Å². The van der Waals surface area contributed by atoms with Crippen molar-refractivity contribution in [1.82, 2.24) is 10.2 Å². The molecule has 4 nitrogen and oxygen atoms in total. The Bertz CT molecular complexity index is 753. The van der Waals surface area contributed by atoms with Crippen LogP contribution in [0.25, 0.3) is 0 Å². The molecule has 0 saturated heterocycles. The summed E-state index contributed by atoms with van der Waals surface area (Å²) in [5.41, 5.74) is 0.995. The van der Waals surface area contributed by atoms with E-state index in [1.165, 1.54) is 11.8 Å². The Balaban J connectivity index is 2.08. The first kappa shape index (κ1) is 22.5. The summed E-state index contributed by atoms with van der Waals surface area (Å²) in [5, 5.41) is 2.94. The molecule has 0 aromatic heterocycles. The summed E-state index contributed by atoms with van der Waals surface area (Å²) in [4.78, 5) is 28.3. The predicted molar refractivity (Wildman–Crippen MR) is 119 cm³/mol. The Labute approximate surface area is 180 Å². The molecule has 0 saturated carbocycles. The number of halogens is 1. The van der Waals surface area contributed by atoms with Crippen molar-refractivity contribution in [2.24, 2.45) is 0 Å². The molecule has 150 valence electrons. The molecule has 0 aliphatic heterocycles. The lowest BCUT2D eigenvalue weighted by molar-refractivity contribution is -0.138. The molecule has 0 fully saturated rings.